The van der Waals surface area contributed by atoms with Gasteiger partial charge in [-0.1, -0.05) is 29.3 Å². The number of aryl methyl sites for hydroxylation is 1. The van der Waals surface area contributed by atoms with Gasteiger partial charge in [-0.3, -0.25) is 0 Å². The van der Waals surface area contributed by atoms with Gasteiger partial charge in [-0.15, -0.1) is 0 Å². The van der Waals surface area contributed by atoms with Gasteiger partial charge < -0.3 is 20.5 Å². The van der Waals surface area contributed by atoms with Crippen LogP contribution in [0.2, 0.25) is 10.0 Å². The Bertz CT molecular complexity index is 1000. The summed E-state index contributed by atoms with van der Waals surface area (Å²) in [5.74, 6) is 1.92. The Hall–Kier alpha value is -1.87. The van der Waals surface area contributed by atoms with Crippen LogP contribution in [0.4, 0.5) is 5.82 Å². The Morgan fingerprint density at radius 2 is 1.85 bits per heavy atom. The van der Waals surface area contributed by atoms with E-state index in [-0.39, 0.29) is 0 Å². The van der Waals surface area contributed by atoms with E-state index in [9.17, 15) is 0 Å². The van der Waals surface area contributed by atoms with Crippen molar-refractivity contribution in [1.29, 1.82) is 0 Å². The number of hydrogen-bond acceptors (Lipinski definition) is 4. The minimum atomic E-state index is 0.561. The first-order chi connectivity index (χ1) is 16.0. The number of rotatable bonds is 12. The van der Waals surface area contributed by atoms with Crippen molar-refractivity contribution in [2.45, 2.75) is 32.2 Å². The molecule has 0 aliphatic rings. The van der Waals surface area contributed by atoms with Gasteiger partial charge in [0.2, 0.25) is 0 Å². The lowest BCUT2D eigenvalue weighted by Crippen LogP contribution is -2.36. The highest BCUT2D eigenvalue weighted by molar-refractivity contribution is 9.10. The maximum atomic E-state index is 6.21. The molecule has 0 aliphatic heterocycles. The van der Waals surface area contributed by atoms with Gasteiger partial charge in [0.05, 0.1) is 10.0 Å². The third kappa shape index (κ3) is 9.12. The number of unbranched alkanes of at least 4 members (excludes halogenated alkanes) is 1. The fraction of sp³-hybridized carbons (Fsp3) is 0.348. The molecule has 0 atom stereocenters. The standard InChI is InChI=1S/C23H27BrCl2N6S/c24-18-6-8-22(31-15-18)32(16-17-5-7-19(25)20(26)14-17)13-2-1-9-29-23(33)30-10-3-4-21-27-11-12-28-21/h5-8,11-12,14-15H,1-4,9-10,13,16H2,(H,27,28)(H2,29,30,33). The van der Waals surface area contributed by atoms with E-state index in [2.05, 4.69) is 46.4 Å². The maximum Gasteiger partial charge on any atom is 0.166 e. The summed E-state index contributed by atoms with van der Waals surface area (Å²) in [6, 6.07) is 9.76. The van der Waals surface area contributed by atoms with E-state index < -0.39 is 0 Å². The van der Waals surface area contributed by atoms with Crippen molar-refractivity contribution < 1.29 is 0 Å². The van der Waals surface area contributed by atoms with Crippen molar-refractivity contribution >= 4 is 62.3 Å². The van der Waals surface area contributed by atoms with Crippen LogP contribution in [-0.2, 0) is 13.0 Å². The number of nitrogens with one attached hydrogen (secondary N) is 3. The molecule has 2 aromatic heterocycles. The van der Waals surface area contributed by atoms with E-state index in [1.165, 1.54) is 0 Å². The monoisotopic (exact) mass is 568 g/mol. The van der Waals surface area contributed by atoms with Crippen LogP contribution in [-0.4, -0.2) is 39.7 Å². The molecule has 0 spiro atoms. The lowest BCUT2D eigenvalue weighted by molar-refractivity contribution is 0.660. The average molecular weight is 570 g/mol. The molecule has 1 aromatic carbocycles. The molecule has 0 fully saturated rings. The number of nitrogens with zero attached hydrogens (tertiary/aromatic N) is 3. The van der Waals surface area contributed by atoms with Crippen LogP contribution in [0.5, 0.6) is 0 Å². The van der Waals surface area contributed by atoms with Gasteiger partial charge in [0, 0.05) is 55.7 Å². The molecule has 3 aromatic rings. The Morgan fingerprint density at radius 3 is 2.55 bits per heavy atom. The van der Waals surface area contributed by atoms with Crippen LogP contribution in [0.3, 0.4) is 0 Å². The van der Waals surface area contributed by atoms with E-state index in [4.69, 9.17) is 35.4 Å². The third-order valence-electron chi connectivity index (χ3n) is 4.96. The van der Waals surface area contributed by atoms with E-state index in [0.29, 0.717) is 21.7 Å². The number of H-pyrrole nitrogens is 1. The predicted molar refractivity (Wildman–Crippen MR) is 144 cm³/mol. The fourth-order valence-corrected chi connectivity index (χ4v) is 4.03. The summed E-state index contributed by atoms with van der Waals surface area (Å²) in [6.07, 6.45) is 9.28. The summed E-state index contributed by atoms with van der Waals surface area (Å²) >= 11 is 21.1. The van der Waals surface area contributed by atoms with Gasteiger partial charge in [0.25, 0.3) is 0 Å². The smallest absolute Gasteiger partial charge is 0.166 e. The molecule has 2 heterocycles. The van der Waals surface area contributed by atoms with Crippen LogP contribution < -0.4 is 15.5 Å². The number of aromatic amines is 1. The molecule has 0 aliphatic carbocycles. The largest absolute Gasteiger partial charge is 0.363 e. The zero-order valence-corrected chi connectivity index (χ0v) is 22.1. The molecular formula is C23H27BrCl2N6S. The summed E-state index contributed by atoms with van der Waals surface area (Å²) in [4.78, 5) is 14.1. The summed E-state index contributed by atoms with van der Waals surface area (Å²) in [5, 5.41) is 8.35. The molecule has 3 N–H and O–H groups in total. The van der Waals surface area contributed by atoms with E-state index in [0.717, 1.165) is 67.0 Å². The second-order valence-corrected chi connectivity index (χ2v) is 9.67. The minimum Gasteiger partial charge on any atom is -0.363 e. The number of thiocarbonyl (C=S) groups is 1. The summed E-state index contributed by atoms with van der Waals surface area (Å²) < 4.78 is 0.954. The number of hydrogen-bond donors (Lipinski definition) is 3. The molecule has 0 unspecified atom stereocenters. The van der Waals surface area contributed by atoms with E-state index >= 15 is 0 Å². The van der Waals surface area contributed by atoms with Crippen molar-refractivity contribution in [3.63, 3.8) is 0 Å². The van der Waals surface area contributed by atoms with Crippen LogP contribution >= 0.6 is 51.3 Å². The van der Waals surface area contributed by atoms with Crippen LogP contribution in [0.15, 0.2) is 53.4 Å². The summed E-state index contributed by atoms with van der Waals surface area (Å²) in [5.41, 5.74) is 1.09. The molecule has 0 radical (unpaired) electrons. The molecule has 0 bridgehead atoms. The second kappa shape index (κ2) is 13.7. The van der Waals surface area contributed by atoms with Crippen molar-refractivity contribution in [3.05, 3.63) is 74.8 Å². The van der Waals surface area contributed by atoms with E-state index in [1.807, 2.05) is 42.7 Å². The molecule has 0 saturated heterocycles. The van der Waals surface area contributed by atoms with Gasteiger partial charge in [-0.25, -0.2) is 9.97 Å². The van der Waals surface area contributed by atoms with Gasteiger partial charge in [-0.2, -0.15) is 0 Å². The molecule has 0 saturated carbocycles. The number of aromatic nitrogens is 3. The average Bonchev–Trinajstić information content (AvgIpc) is 3.32. The maximum absolute atomic E-state index is 6.21. The SMILES string of the molecule is S=C(NCCCCN(Cc1ccc(Cl)c(Cl)c1)c1ccc(Br)cn1)NCCCc1ncc[nH]1. The molecule has 0 amide bonds. The van der Waals surface area contributed by atoms with Crippen LogP contribution in [0.25, 0.3) is 0 Å². The number of halogens is 3. The van der Waals surface area contributed by atoms with Crippen LogP contribution in [0.1, 0.15) is 30.7 Å². The predicted octanol–water partition coefficient (Wildman–Crippen LogP) is 5.76. The highest BCUT2D eigenvalue weighted by Crippen LogP contribution is 2.25. The van der Waals surface area contributed by atoms with E-state index in [1.54, 1.807) is 6.20 Å². The quantitative estimate of drug-likeness (QED) is 0.190. The normalized spacial score (nSPS) is 10.8. The lowest BCUT2D eigenvalue weighted by atomic mass is 10.2. The Morgan fingerprint density at radius 1 is 1.03 bits per heavy atom. The molecule has 176 valence electrons. The number of benzene rings is 1. The number of pyridine rings is 1. The van der Waals surface area contributed by atoms with Crippen molar-refractivity contribution in [1.82, 2.24) is 25.6 Å². The first kappa shape index (κ1) is 25.7. The first-order valence-corrected chi connectivity index (χ1v) is 12.8. The van der Waals surface area contributed by atoms with Gasteiger partial charge in [0.1, 0.15) is 11.6 Å². The molecule has 33 heavy (non-hydrogen) atoms. The Balaban J connectivity index is 1.40. The topological polar surface area (TPSA) is 68.9 Å². The van der Waals surface area contributed by atoms with Crippen molar-refractivity contribution in [2.75, 3.05) is 24.5 Å². The number of imidazole rings is 1. The Kier molecular flexibility index (Phi) is 10.7. The van der Waals surface area contributed by atoms with Gasteiger partial charge in [-0.05, 0) is 77.2 Å². The van der Waals surface area contributed by atoms with Gasteiger partial charge >= 0.3 is 0 Å². The molecule has 3 rings (SSSR count). The highest BCUT2D eigenvalue weighted by atomic mass is 79.9. The lowest BCUT2D eigenvalue weighted by Gasteiger charge is -2.24. The Labute approximate surface area is 218 Å². The molecule has 10 heteroatoms. The minimum absolute atomic E-state index is 0.561. The summed E-state index contributed by atoms with van der Waals surface area (Å²) in [7, 11) is 0. The summed E-state index contributed by atoms with van der Waals surface area (Å²) in [6.45, 7) is 3.20. The zero-order chi connectivity index (χ0) is 23.5. The van der Waals surface area contributed by atoms with Gasteiger partial charge in [0.15, 0.2) is 5.11 Å². The number of anilines is 1. The molecular weight excluding hydrogens is 543 g/mol. The fourth-order valence-electron chi connectivity index (χ4n) is 3.27. The second-order valence-electron chi connectivity index (χ2n) is 7.53. The van der Waals surface area contributed by atoms with Crippen molar-refractivity contribution in [2.24, 2.45) is 0 Å². The van der Waals surface area contributed by atoms with Crippen molar-refractivity contribution in [3.8, 4) is 0 Å². The van der Waals surface area contributed by atoms with Crippen LogP contribution in [0, 0.1) is 0 Å². The third-order valence-corrected chi connectivity index (χ3v) is 6.46. The highest BCUT2D eigenvalue weighted by Gasteiger charge is 2.10. The first-order valence-electron chi connectivity index (χ1n) is 10.8. The molecule has 6 nitrogen and oxygen atoms in total. The zero-order valence-electron chi connectivity index (χ0n) is 18.2.